The Kier molecular flexibility index (Phi) is 5.62. The summed E-state index contributed by atoms with van der Waals surface area (Å²) in [6, 6.07) is 0.359. The fourth-order valence-electron chi connectivity index (χ4n) is 2.53. The van der Waals surface area contributed by atoms with Crippen LogP contribution in [0.25, 0.3) is 0 Å². The molecule has 0 atom stereocenters. The number of aromatic nitrogens is 2. The number of rotatable bonds is 7. The maximum absolute atomic E-state index is 9.51. The Labute approximate surface area is 109 Å². The van der Waals surface area contributed by atoms with Crippen molar-refractivity contribution in [3.05, 3.63) is 11.3 Å². The quantitative estimate of drug-likeness (QED) is 0.769. The Morgan fingerprint density at radius 1 is 1.28 bits per heavy atom. The van der Waals surface area contributed by atoms with Crippen molar-refractivity contribution in [3.8, 4) is 0 Å². The number of hydrogen-bond acceptors (Lipinski definition) is 4. The minimum Gasteiger partial charge on any atom is -0.395 e. The highest BCUT2D eigenvalue weighted by Gasteiger charge is 2.23. The molecule has 1 heterocycles. The van der Waals surface area contributed by atoms with Crippen molar-refractivity contribution >= 4 is 5.82 Å². The Morgan fingerprint density at radius 3 is 2.33 bits per heavy atom. The molecule has 0 radical (unpaired) electrons. The minimum absolute atomic E-state index is 0.0168. The summed E-state index contributed by atoms with van der Waals surface area (Å²) < 4.78 is 1.80. The van der Waals surface area contributed by atoms with Gasteiger partial charge >= 0.3 is 0 Å². The van der Waals surface area contributed by atoms with E-state index in [4.69, 9.17) is 0 Å². The predicted octanol–water partition coefficient (Wildman–Crippen LogP) is 1.21. The number of aliphatic hydroxyl groups is 2. The van der Waals surface area contributed by atoms with Crippen LogP contribution in [-0.2, 0) is 13.7 Å². The summed E-state index contributed by atoms with van der Waals surface area (Å²) in [6.45, 7) is 6.83. The van der Waals surface area contributed by atoms with E-state index >= 15 is 0 Å². The van der Waals surface area contributed by atoms with Crippen LogP contribution in [0.2, 0.25) is 0 Å². The van der Waals surface area contributed by atoms with Gasteiger partial charge in [0.2, 0.25) is 0 Å². The lowest BCUT2D eigenvalue weighted by Gasteiger charge is -2.32. The van der Waals surface area contributed by atoms with Crippen LogP contribution in [0, 0.1) is 6.92 Å². The molecule has 1 aromatic rings. The molecule has 2 N–H and O–H groups in total. The fraction of sp³-hybridized carbons (Fsp3) is 0.769. The van der Waals surface area contributed by atoms with Gasteiger partial charge in [0.05, 0.1) is 18.9 Å². The van der Waals surface area contributed by atoms with E-state index in [2.05, 4.69) is 23.8 Å². The summed E-state index contributed by atoms with van der Waals surface area (Å²) in [6.07, 6.45) is 2.01. The molecule has 0 aliphatic carbocycles. The largest absolute Gasteiger partial charge is 0.395 e. The topological polar surface area (TPSA) is 61.5 Å². The number of hydrogen-bond donors (Lipinski definition) is 2. The monoisotopic (exact) mass is 255 g/mol. The lowest BCUT2D eigenvalue weighted by Crippen LogP contribution is -2.38. The van der Waals surface area contributed by atoms with E-state index in [-0.39, 0.29) is 13.2 Å². The predicted molar refractivity (Wildman–Crippen MR) is 72.7 cm³/mol. The van der Waals surface area contributed by atoms with Gasteiger partial charge in [-0.2, -0.15) is 5.10 Å². The SMILES string of the molecule is CCC(CC)N(CCO)c1c(CO)c(C)nn1C. The molecular weight excluding hydrogens is 230 g/mol. The molecule has 1 aromatic heterocycles. The second-order valence-electron chi connectivity index (χ2n) is 4.56. The second-order valence-corrected chi connectivity index (χ2v) is 4.56. The maximum atomic E-state index is 9.51. The molecule has 0 aliphatic heterocycles. The summed E-state index contributed by atoms with van der Waals surface area (Å²) in [5, 5.41) is 23.1. The van der Waals surface area contributed by atoms with Crippen molar-refractivity contribution in [3.63, 3.8) is 0 Å². The highest BCUT2D eigenvalue weighted by atomic mass is 16.3. The summed E-state index contributed by atoms with van der Waals surface area (Å²) >= 11 is 0. The maximum Gasteiger partial charge on any atom is 0.132 e. The normalized spacial score (nSPS) is 11.3. The van der Waals surface area contributed by atoms with Crippen molar-refractivity contribution < 1.29 is 10.2 Å². The summed E-state index contributed by atoms with van der Waals surface area (Å²) in [5.41, 5.74) is 1.71. The Bertz CT molecular complexity index is 373. The van der Waals surface area contributed by atoms with Gasteiger partial charge in [-0.3, -0.25) is 4.68 Å². The Balaban J connectivity index is 3.19. The lowest BCUT2D eigenvalue weighted by atomic mass is 10.1. The molecular formula is C13H25N3O2. The molecule has 0 aliphatic rings. The molecule has 1 rings (SSSR count). The average Bonchev–Trinajstić information content (AvgIpc) is 2.63. The van der Waals surface area contributed by atoms with Crippen LogP contribution in [0.1, 0.15) is 37.9 Å². The molecule has 18 heavy (non-hydrogen) atoms. The third kappa shape index (κ3) is 2.84. The molecule has 0 aromatic carbocycles. The van der Waals surface area contributed by atoms with E-state index in [0.717, 1.165) is 29.9 Å². The molecule has 0 amide bonds. The molecule has 5 nitrogen and oxygen atoms in total. The highest BCUT2D eigenvalue weighted by Crippen LogP contribution is 2.26. The average molecular weight is 255 g/mol. The van der Waals surface area contributed by atoms with Gasteiger partial charge in [0.15, 0.2) is 0 Å². The second kappa shape index (κ2) is 6.75. The third-order valence-corrected chi connectivity index (χ3v) is 3.47. The number of nitrogens with zero attached hydrogens (tertiary/aromatic N) is 3. The minimum atomic E-state index is -0.0168. The molecule has 0 fully saturated rings. The van der Waals surface area contributed by atoms with Gasteiger partial charge in [0.25, 0.3) is 0 Å². The standard InChI is InChI=1S/C13H25N3O2/c1-5-11(6-2)16(7-8-17)13-12(9-18)10(3)14-15(13)4/h11,17-18H,5-9H2,1-4H3. The number of aliphatic hydroxyl groups excluding tert-OH is 2. The first-order chi connectivity index (χ1) is 8.60. The molecule has 5 heteroatoms. The summed E-state index contributed by atoms with van der Waals surface area (Å²) in [7, 11) is 1.88. The smallest absolute Gasteiger partial charge is 0.132 e. The van der Waals surface area contributed by atoms with E-state index in [1.807, 2.05) is 14.0 Å². The van der Waals surface area contributed by atoms with Gasteiger partial charge < -0.3 is 15.1 Å². The molecule has 0 saturated carbocycles. The lowest BCUT2D eigenvalue weighted by molar-refractivity contribution is 0.278. The summed E-state index contributed by atoms with van der Waals surface area (Å²) in [4.78, 5) is 2.16. The summed E-state index contributed by atoms with van der Waals surface area (Å²) in [5.74, 6) is 0.928. The van der Waals surface area contributed by atoms with Crippen LogP contribution in [-0.4, -0.2) is 39.2 Å². The van der Waals surface area contributed by atoms with Crippen molar-refractivity contribution in [1.29, 1.82) is 0 Å². The van der Waals surface area contributed by atoms with Gasteiger partial charge in [-0.15, -0.1) is 0 Å². The zero-order valence-corrected chi connectivity index (χ0v) is 11.8. The third-order valence-electron chi connectivity index (χ3n) is 3.47. The van der Waals surface area contributed by atoms with Crippen LogP contribution in [0.4, 0.5) is 5.82 Å². The van der Waals surface area contributed by atoms with E-state index in [1.165, 1.54) is 0 Å². The first-order valence-electron chi connectivity index (χ1n) is 6.61. The van der Waals surface area contributed by atoms with E-state index < -0.39 is 0 Å². The Hall–Kier alpha value is -1.07. The van der Waals surface area contributed by atoms with Crippen molar-refractivity contribution in [2.45, 2.75) is 46.3 Å². The van der Waals surface area contributed by atoms with Crippen molar-refractivity contribution in [2.24, 2.45) is 7.05 Å². The number of aryl methyl sites for hydroxylation is 2. The zero-order valence-electron chi connectivity index (χ0n) is 11.8. The number of anilines is 1. The molecule has 0 unspecified atom stereocenters. The van der Waals surface area contributed by atoms with Gasteiger partial charge in [-0.05, 0) is 19.8 Å². The van der Waals surface area contributed by atoms with Crippen molar-refractivity contribution in [2.75, 3.05) is 18.1 Å². The molecule has 0 spiro atoms. The van der Waals surface area contributed by atoms with Gasteiger partial charge in [-0.1, -0.05) is 13.8 Å². The van der Waals surface area contributed by atoms with Crippen LogP contribution >= 0.6 is 0 Å². The fourth-order valence-corrected chi connectivity index (χ4v) is 2.53. The molecule has 0 saturated heterocycles. The van der Waals surface area contributed by atoms with Crippen LogP contribution in [0.5, 0.6) is 0 Å². The van der Waals surface area contributed by atoms with E-state index in [0.29, 0.717) is 12.6 Å². The van der Waals surface area contributed by atoms with E-state index in [9.17, 15) is 10.2 Å². The van der Waals surface area contributed by atoms with Gasteiger partial charge in [-0.25, -0.2) is 0 Å². The first-order valence-corrected chi connectivity index (χ1v) is 6.61. The van der Waals surface area contributed by atoms with Crippen LogP contribution in [0.3, 0.4) is 0 Å². The van der Waals surface area contributed by atoms with Gasteiger partial charge in [0.1, 0.15) is 5.82 Å². The van der Waals surface area contributed by atoms with Gasteiger partial charge in [0, 0.05) is 25.2 Å². The first kappa shape index (κ1) is 15.0. The van der Waals surface area contributed by atoms with Crippen LogP contribution in [0.15, 0.2) is 0 Å². The zero-order chi connectivity index (χ0) is 13.7. The molecule has 0 bridgehead atoms. The van der Waals surface area contributed by atoms with E-state index in [1.54, 1.807) is 4.68 Å². The highest BCUT2D eigenvalue weighted by molar-refractivity contribution is 5.50. The van der Waals surface area contributed by atoms with Crippen molar-refractivity contribution in [1.82, 2.24) is 9.78 Å². The van der Waals surface area contributed by atoms with Crippen LogP contribution < -0.4 is 4.90 Å². The molecule has 104 valence electrons. The Morgan fingerprint density at radius 2 is 1.89 bits per heavy atom.